The Morgan fingerprint density at radius 3 is 2.11 bits per heavy atom. The van der Waals surface area contributed by atoms with Crippen molar-refractivity contribution in [2.45, 2.75) is 32.9 Å². The maximum atomic E-state index is 11.8. The molecule has 0 aromatic carbocycles. The molecule has 0 bridgehead atoms. The minimum absolute atomic E-state index is 0.237. The quantitative estimate of drug-likeness (QED) is 0.458. The number of rotatable bonds is 6. The molecule has 0 saturated heterocycles. The van der Waals surface area contributed by atoms with Crippen molar-refractivity contribution in [2.24, 2.45) is 10.9 Å². The zero-order valence-electron chi connectivity index (χ0n) is 11.5. The number of amidine groups is 1. The van der Waals surface area contributed by atoms with Crippen LogP contribution in [-0.2, 0) is 10.0 Å². The molecule has 0 saturated carbocycles. The molecule has 5 heteroatoms. The SMILES string of the molecule is C=C/N=C(\C=C(/C=C)C(C)C)NS(=O)(=O)C(C)C. The summed E-state index contributed by atoms with van der Waals surface area (Å²) in [6.45, 7) is 14.4. The van der Waals surface area contributed by atoms with Crippen LogP contribution >= 0.6 is 0 Å². The van der Waals surface area contributed by atoms with Crippen LogP contribution in [0.15, 0.2) is 42.1 Å². The van der Waals surface area contributed by atoms with Gasteiger partial charge in [0.15, 0.2) is 0 Å². The summed E-state index contributed by atoms with van der Waals surface area (Å²) in [6, 6.07) is 0. The minimum Gasteiger partial charge on any atom is -0.267 e. The van der Waals surface area contributed by atoms with E-state index in [1.807, 2.05) is 13.8 Å². The van der Waals surface area contributed by atoms with E-state index in [9.17, 15) is 8.42 Å². The summed E-state index contributed by atoms with van der Waals surface area (Å²) in [5.41, 5.74) is 0.905. The lowest BCUT2D eigenvalue weighted by molar-refractivity contribution is 0.583. The molecule has 0 rings (SSSR count). The summed E-state index contributed by atoms with van der Waals surface area (Å²) in [6.07, 6.45) is 4.65. The average molecular weight is 270 g/mol. The third-order valence-corrected chi connectivity index (χ3v) is 4.04. The fourth-order valence-electron chi connectivity index (χ4n) is 1.07. The van der Waals surface area contributed by atoms with Crippen molar-refractivity contribution < 1.29 is 8.42 Å². The van der Waals surface area contributed by atoms with Gasteiger partial charge in [0.1, 0.15) is 5.84 Å². The molecular weight excluding hydrogens is 248 g/mol. The van der Waals surface area contributed by atoms with Gasteiger partial charge in [-0.2, -0.15) is 0 Å². The van der Waals surface area contributed by atoms with E-state index in [0.717, 1.165) is 5.57 Å². The molecule has 0 aromatic rings. The van der Waals surface area contributed by atoms with E-state index in [4.69, 9.17) is 0 Å². The van der Waals surface area contributed by atoms with Gasteiger partial charge in [0.05, 0.1) is 5.25 Å². The molecule has 0 atom stereocenters. The van der Waals surface area contributed by atoms with E-state index in [2.05, 4.69) is 22.9 Å². The Morgan fingerprint density at radius 2 is 1.78 bits per heavy atom. The molecule has 0 aliphatic heterocycles. The highest BCUT2D eigenvalue weighted by Crippen LogP contribution is 2.10. The van der Waals surface area contributed by atoms with Crippen molar-refractivity contribution in [3.63, 3.8) is 0 Å². The monoisotopic (exact) mass is 270 g/mol. The Hall–Kier alpha value is -1.36. The van der Waals surface area contributed by atoms with E-state index in [1.54, 1.807) is 26.0 Å². The van der Waals surface area contributed by atoms with Gasteiger partial charge < -0.3 is 0 Å². The molecule has 4 nitrogen and oxygen atoms in total. The van der Waals surface area contributed by atoms with E-state index in [-0.39, 0.29) is 11.8 Å². The molecule has 0 unspecified atom stereocenters. The largest absolute Gasteiger partial charge is 0.267 e. The van der Waals surface area contributed by atoms with Crippen molar-refractivity contribution in [2.75, 3.05) is 0 Å². The van der Waals surface area contributed by atoms with Crippen molar-refractivity contribution in [3.8, 4) is 0 Å². The number of hydrogen-bond acceptors (Lipinski definition) is 3. The molecule has 1 N–H and O–H groups in total. The molecule has 102 valence electrons. The first-order valence-electron chi connectivity index (χ1n) is 5.79. The van der Waals surface area contributed by atoms with E-state index in [0.29, 0.717) is 0 Å². The smallest absolute Gasteiger partial charge is 0.236 e. The van der Waals surface area contributed by atoms with Gasteiger partial charge >= 0.3 is 0 Å². The van der Waals surface area contributed by atoms with Gasteiger partial charge in [-0.1, -0.05) is 33.1 Å². The van der Waals surface area contributed by atoms with Gasteiger partial charge in [-0.15, -0.1) is 0 Å². The number of sulfonamides is 1. The molecule has 0 aromatic heterocycles. The van der Waals surface area contributed by atoms with Crippen LogP contribution in [0.3, 0.4) is 0 Å². The summed E-state index contributed by atoms with van der Waals surface area (Å²) < 4.78 is 26.0. The van der Waals surface area contributed by atoms with Gasteiger partial charge in [0.25, 0.3) is 0 Å². The Bertz CT molecular complexity index is 457. The number of allylic oxidation sites excluding steroid dienone is 2. The normalized spacial score (nSPS) is 13.9. The van der Waals surface area contributed by atoms with Crippen LogP contribution in [0.2, 0.25) is 0 Å². The van der Waals surface area contributed by atoms with E-state index < -0.39 is 15.3 Å². The van der Waals surface area contributed by atoms with Crippen LogP contribution in [-0.4, -0.2) is 19.5 Å². The van der Waals surface area contributed by atoms with Gasteiger partial charge in [-0.25, -0.2) is 13.4 Å². The lowest BCUT2D eigenvalue weighted by atomic mass is 10.0. The third-order valence-electron chi connectivity index (χ3n) is 2.30. The van der Waals surface area contributed by atoms with E-state index in [1.165, 1.54) is 6.20 Å². The highest BCUT2D eigenvalue weighted by molar-refractivity contribution is 7.90. The standard InChI is InChI=1S/C13H22N2O2S/c1-7-12(10(3)4)9-13(14-8-2)15-18(16,17)11(5)6/h7-11H,1-2H2,3-6H3,(H,14,15)/b12-9+. The molecule has 0 heterocycles. The summed E-state index contributed by atoms with van der Waals surface area (Å²) in [4.78, 5) is 3.93. The number of hydrogen-bond donors (Lipinski definition) is 1. The van der Waals surface area contributed by atoms with Crippen molar-refractivity contribution in [3.05, 3.63) is 37.1 Å². The second-order valence-electron chi connectivity index (χ2n) is 4.40. The van der Waals surface area contributed by atoms with Gasteiger partial charge in [-0.05, 0) is 31.4 Å². The zero-order chi connectivity index (χ0) is 14.3. The summed E-state index contributed by atoms with van der Waals surface area (Å²) >= 11 is 0. The first kappa shape index (κ1) is 16.6. The van der Waals surface area contributed by atoms with Crippen LogP contribution in [0.1, 0.15) is 27.7 Å². The van der Waals surface area contributed by atoms with Crippen molar-refractivity contribution >= 4 is 15.9 Å². The van der Waals surface area contributed by atoms with Crippen LogP contribution < -0.4 is 4.72 Å². The lowest BCUT2D eigenvalue weighted by Gasteiger charge is -2.12. The molecule has 0 aliphatic rings. The van der Waals surface area contributed by atoms with Gasteiger partial charge in [0.2, 0.25) is 10.0 Å². The third kappa shape index (κ3) is 5.31. The molecule has 0 aliphatic carbocycles. The van der Waals surface area contributed by atoms with Crippen LogP contribution in [0.25, 0.3) is 0 Å². The van der Waals surface area contributed by atoms with Gasteiger partial charge in [-0.3, -0.25) is 4.72 Å². The summed E-state index contributed by atoms with van der Waals surface area (Å²) in [5.74, 6) is 0.489. The Morgan fingerprint density at radius 1 is 1.22 bits per heavy atom. The van der Waals surface area contributed by atoms with Crippen molar-refractivity contribution in [1.82, 2.24) is 4.72 Å². The van der Waals surface area contributed by atoms with Crippen molar-refractivity contribution in [1.29, 1.82) is 0 Å². The number of aliphatic imine (C=N–C) groups is 1. The minimum atomic E-state index is -3.41. The van der Waals surface area contributed by atoms with E-state index >= 15 is 0 Å². The molecule has 18 heavy (non-hydrogen) atoms. The first-order chi connectivity index (χ1) is 8.24. The number of nitrogens with zero attached hydrogens (tertiary/aromatic N) is 1. The fourth-order valence-corrected chi connectivity index (χ4v) is 1.71. The summed E-state index contributed by atoms with van der Waals surface area (Å²) in [7, 11) is -3.41. The Labute approximate surface area is 110 Å². The Balaban J connectivity index is 5.32. The molecule has 0 fully saturated rings. The molecule has 0 radical (unpaired) electrons. The highest BCUT2D eigenvalue weighted by atomic mass is 32.2. The van der Waals surface area contributed by atoms with Gasteiger partial charge in [0, 0.05) is 6.20 Å². The highest BCUT2D eigenvalue weighted by Gasteiger charge is 2.17. The Kier molecular flexibility index (Phi) is 6.62. The van der Waals surface area contributed by atoms with Crippen LogP contribution in [0.5, 0.6) is 0 Å². The average Bonchev–Trinajstić information content (AvgIpc) is 2.24. The topological polar surface area (TPSA) is 58.5 Å². The molecule has 0 spiro atoms. The molecule has 0 amide bonds. The first-order valence-corrected chi connectivity index (χ1v) is 7.33. The maximum Gasteiger partial charge on any atom is 0.236 e. The zero-order valence-corrected chi connectivity index (χ0v) is 12.3. The summed E-state index contributed by atoms with van der Waals surface area (Å²) in [5, 5.41) is -0.521. The number of nitrogens with one attached hydrogen (secondary N) is 1. The molecular formula is C13H22N2O2S. The second kappa shape index (κ2) is 7.16. The van der Waals surface area contributed by atoms with Crippen LogP contribution in [0.4, 0.5) is 0 Å². The predicted octanol–water partition coefficient (Wildman–Crippen LogP) is 2.62. The predicted molar refractivity (Wildman–Crippen MR) is 77.9 cm³/mol. The second-order valence-corrected chi connectivity index (χ2v) is 6.63. The lowest BCUT2D eigenvalue weighted by Crippen LogP contribution is -2.35. The maximum absolute atomic E-state index is 11.8. The van der Waals surface area contributed by atoms with Crippen LogP contribution in [0, 0.1) is 5.92 Å². The fraction of sp³-hybridized carbons (Fsp3) is 0.462.